The number of nitrogens with zero attached hydrogens (tertiary/aromatic N) is 1. The molecule has 0 aliphatic carbocycles. The molecule has 0 aliphatic heterocycles. The van der Waals surface area contributed by atoms with Gasteiger partial charge in [-0.1, -0.05) is 35.9 Å². The number of hydrogen-bond acceptors (Lipinski definition) is 6. The first-order valence-electron chi connectivity index (χ1n) is 12.3. The van der Waals surface area contributed by atoms with Gasteiger partial charge in [-0.3, -0.25) is 9.10 Å². The summed E-state index contributed by atoms with van der Waals surface area (Å²) in [6.45, 7) is 8.57. The smallest absolute Gasteiger partial charge is 0.264 e. The number of anilines is 1. The third kappa shape index (κ3) is 7.16. The van der Waals surface area contributed by atoms with Gasteiger partial charge in [0.05, 0.1) is 30.4 Å². The van der Waals surface area contributed by atoms with Gasteiger partial charge in [0.25, 0.3) is 10.0 Å². The molecule has 0 fully saturated rings. The van der Waals surface area contributed by atoms with E-state index in [4.69, 9.17) is 14.2 Å². The summed E-state index contributed by atoms with van der Waals surface area (Å²) in [6, 6.07) is 18.7. The van der Waals surface area contributed by atoms with Crippen molar-refractivity contribution in [1.82, 2.24) is 5.32 Å². The van der Waals surface area contributed by atoms with Crippen LogP contribution in [-0.4, -0.2) is 40.7 Å². The summed E-state index contributed by atoms with van der Waals surface area (Å²) in [7, 11) is -4.06. The number of hydrogen-bond donors (Lipinski definition) is 1. The standard InChI is InChI=1S/C28H34N2O6S/c1-5-34-25-11-9-8-10-24(25)30(37(32,33)23-15-12-21(4)13-16-23)20-28(31)29-19-22-14-17-26(35-6-2)27(18-22)36-7-3/h8-18H,5-7,19-20H2,1-4H3,(H,29,31). The van der Waals surface area contributed by atoms with Gasteiger partial charge in [-0.15, -0.1) is 0 Å². The fourth-order valence-corrected chi connectivity index (χ4v) is 5.10. The van der Waals surface area contributed by atoms with Crippen molar-refractivity contribution < 1.29 is 27.4 Å². The fourth-order valence-electron chi connectivity index (χ4n) is 3.67. The molecule has 1 N–H and O–H groups in total. The third-order valence-corrected chi connectivity index (χ3v) is 7.20. The summed E-state index contributed by atoms with van der Waals surface area (Å²) in [4.78, 5) is 13.2. The Morgan fingerprint density at radius 2 is 1.43 bits per heavy atom. The number of ether oxygens (including phenoxy) is 3. The van der Waals surface area contributed by atoms with E-state index < -0.39 is 22.5 Å². The summed E-state index contributed by atoms with van der Waals surface area (Å²) in [5.74, 6) is 1.13. The minimum atomic E-state index is -4.06. The maximum atomic E-state index is 13.7. The Hall–Kier alpha value is -3.72. The maximum Gasteiger partial charge on any atom is 0.264 e. The number of nitrogens with one attached hydrogen (secondary N) is 1. The van der Waals surface area contributed by atoms with Gasteiger partial charge in [0.15, 0.2) is 11.5 Å². The van der Waals surface area contributed by atoms with Crippen LogP contribution in [0.25, 0.3) is 0 Å². The third-order valence-electron chi connectivity index (χ3n) is 5.43. The molecule has 8 nitrogen and oxygen atoms in total. The van der Waals surface area contributed by atoms with Crippen LogP contribution in [0.3, 0.4) is 0 Å². The molecule has 0 aliphatic rings. The Bertz CT molecular complexity index is 1290. The number of benzene rings is 3. The van der Waals surface area contributed by atoms with Gasteiger partial charge in [-0.05, 0) is 69.7 Å². The van der Waals surface area contributed by atoms with E-state index in [-0.39, 0.29) is 11.4 Å². The Kier molecular flexibility index (Phi) is 9.79. The zero-order valence-corrected chi connectivity index (χ0v) is 22.5. The molecule has 0 saturated heterocycles. The van der Waals surface area contributed by atoms with Crippen molar-refractivity contribution in [2.45, 2.75) is 39.1 Å². The van der Waals surface area contributed by atoms with Crippen LogP contribution < -0.4 is 23.8 Å². The largest absolute Gasteiger partial charge is 0.492 e. The van der Waals surface area contributed by atoms with E-state index in [1.165, 1.54) is 12.1 Å². The lowest BCUT2D eigenvalue weighted by Crippen LogP contribution is -2.40. The van der Waals surface area contributed by atoms with Crippen LogP contribution in [0, 0.1) is 6.92 Å². The molecule has 0 radical (unpaired) electrons. The number of amides is 1. The number of sulfonamides is 1. The van der Waals surface area contributed by atoms with Gasteiger partial charge in [-0.2, -0.15) is 0 Å². The Balaban J connectivity index is 1.86. The van der Waals surface area contributed by atoms with Crippen molar-refractivity contribution in [3.8, 4) is 17.2 Å². The van der Waals surface area contributed by atoms with Crippen LogP contribution in [0.1, 0.15) is 31.9 Å². The Morgan fingerprint density at radius 3 is 2.11 bits per heavy atom. The molecule has 1 amide bonds. The van der Waals surface area contributed by atoms with Gasteiger partial charge >= 0.3 is 0 Å². The average molecular weight is 527 g/mol. The van der Waals surface area contributed by atoms with E-state index in [1.807, 2.05) is 33.8 Å². The second kappa shape index (κ2) is 13.0. The van der Waals surface area contributed by atoms with Crippen molar-refractivity contribution in [3.63, 3.8) is 0 Å². The molecule has 0 spiro atoms. The van der Waals surface area contributed by atoms with Gasteiger partial charge in [-0.25, -0.2) is 8.42 Å². The van der Waals surface area contributed by atoms with Crippen LogP contribution in [0.2, 0.25) is 0 Å². The lowest BCUT2D eigenvalue weighted by Gasteiger charge is -2.26. The summed E-state index contributed by atoms with van der Waals surface area (Å²) >= 11 is 0. The molecular weight excluding hydrogens is 492 g/mol. The van der Waals surface area contributed by atoms with Crippen molar-refractivity contribution in [1.29, 1.82) is 0 Å². The van der Waals surface area contributed by atoms with Crippen molar-refractivity contribution in [3.05, 3.63) is 77.9 Å². The zero-order valence-electron chi connectivity index (χ0n) is 21.7. The zero-order chi connectivity index (χ0) is 26.8. The molecule has 0 bridgehead atoms. The molecule has 0 unspecified atom stereocenters. The molecule has 3 aromatic rings. The van der Waals surface area contributed by atoms with Crippen LogP contribution in [-0.2, 0) is 21.4 Å². The first kappa shape index (κ1) is 27.9. The predicted molar refractivity (Wildman–Crippen MR) is 144 cm³/mol. The highest BCUT2D eigenvalue weighted by molar-refractivity contribution is 7.92. The molecule has 0 heterocycles. The number of carbonyl (C=O) groups is 1. The van der Waals surface area contributed by atoms with Crippen molar-refractivity contribution >= 4 is 21.6 Å². The highest BCUT2D eigenvalue weighted by atomic mass is 32.2. The first-order chi connectivity index (χ1) is 17.8. The normalized spacial score (nSPS) is 11.0. The molecule has 0 saturated carbocycles. The lowest BCUT2D eigenvalue weighted by atomic mass is 10.2. The van der Waals surface area contributed by atoms with Crippen molar-refractivity contribution in [2.75, 3.05) is 30.7 Å². The van der Waals surface area contributed by atoms with E-state index in [0.717, 1.165) is 15.4 Å². The Morgan fingerprint density at radius 1 is 0.811 bits per heavy atom. The first-order valence-corrected chi connectivity index (χ1v) is 13.7. The van der Waals surface area contributed by atoms with Crippen LogP contribution in [0.5, 0.6) is 17.2 Å². The van der Waals surface area contributed by atoms with Crippen LogP contribution in [0.4, 0.5) is 5.69 Å². The number of carbonyl (C=O) groups excluding carboxylic acids is 1. The molecule has 0 aromatic heterocycles. The molecule has 9 heteroatoms. The van der Waals surface area contributed by atoms with E-state index in [9.17, 15) is 13.2 Å². The monoisotopic (exact) mass is 526 g/mol. The van der Waals surface area contributed by atoms with Crippen molar-refractivity contribution in [2.24, 2.45) is 0 Å². The second-order valence-corrected chi connectivity index (χ2v) is 10.0. The summed E-state index contributed by atoms with van der Waals surface area (Å²) < 4.78 is 45.4. The molecule has 37 heavy (non-hydrogen) atoms. The fraction of sp³-hybridized carbons (Fsp3) is 0.321. The Labute approximate surface area is 219 Å². The van der Waals surface area contributed by atoms with Gasteiger partial charge in [0, 0.05) is 6.54 Å². The lowest BCUT2D eigenvalue weighted by molar-refractivity contribution is -0.119. The van der Waals surface area contributed by atoms with E-state index in [1.54, 1.807) is 48.5 Å². The van der Waals surface area contributed by atoms with E-state index in [0.29, 0.717) is 42.8 Å². The van der Waals surface area contributed by atoms with Gasteiger partial charge in [0.1, 0.15) is 12.3 Å². The maximum absolute atomic E-state index is 13.7. The predicted octanol–water partition coefficient (Wildman–Crippen LogP) is 4.70. The highest BCUT2D eigenvalue weighted by Gasteiger charge is 2.29. The van der Waals surface area contributed by atoms with E-state index >= 15 is 0 Å². The molecule has 198 valence electrons. The quantitative estimate of drug-likeness (QED) is 0.347. The number of aryl methyl sites for hydroxylation is 1. The summed E-state index contributed by atoms with van der Waals surface area (Å²) in [6.07, 6.45) is 0. The topological polar surface area (TPSA) is 94.2 Å². The molecular formula is C28H34N2O6S. The highest BCUT2D eigenvalue weighted by Crippen LogP contribution is 2.33. The van der Waals surface area contributed by atoms with Gasteiger partial charge < -0.3 is 19.5 Å². The number of rotatable bonds is 13. The van der Waals surface area contributed by atoms with Crippen LogP contribution >= 0.6 is 0 Å². The minimum absolute atomic E-state index is 0.0880. The molecule has 0 atom stereocenters. The molecule has 3 aromatic carbocycles. The SMILES string of the molecule is CCOc1ccc(CNC(=O)CN(c2ccccc2OCC)S(=O)(=O)c2ccc(C)cc2)cc1OCC. The average Bonchev–Trinajstić information content (AvgIpc) is 2.88. The number of para-hydroxylation sites is 2. The minimum Gasteiger partial charge on any atom is -0.492 e. The second-order valence-electron chi connectivity index (χ2n) is 8.15. The molecule has 3 rings (SSSR count). The van der Waals surface area contributed by atoms with Gasteiger partial charge in [0.2, 0.25) is 5.91 Å². The van der Waals surface area contributed by atoms with E-state index in [2.05, 4.69) is 5.32 Å². The summed E-state index contributed by atoms with van der Waals surface area (Å²) in [5.41, 5.74) is 2.02. The summed E-state index contributed by atoms with van der Waals surface area (Å²) in [5, 5.41) is 2.82. The van der Waals surface area contributed by atoms with Crippen LogP contribution in [0.15, 0.2) is 71.6 Å².